The van der Waals surface area contributed by atoms with Crippen molar-refractivity contribution in [2.75, 3.05) is 6.61 Å². The minimum absolute atomic E-state index is 0. The second-order valence-corrected chi connectivity index (χ2v) is 4.78. The van der Waals surface area contributed by atoms with Gasteiger partial charge in [0, 0.05) is 0 Å². The van der Waals surface area contributed by atoms with E-state index in [4.69, 9.17) is 4.18 Å². The van der Waals surface area contributed by atoms with Gasteiger partial charge in [0.2, 0.25) is 0 Å². The first-order valence-corrected chi connectivity index (χ1v) is 6.72. The second kappa shape index (κ2) is 7.82. The zero-order chi connectivity index (χ0) is 13.0. The van der Waals surface area contributed by atoms with E-state index in [1.54, 1.807) is 43.3 Å². The Morgan fingerprint density at radius 3 is 2.26 bits per heavy atom. The summed E-state index contributed by atoms with van der Waals surface area (Å²) in [4.78, 5) is 0.530. The van der Waals surface area contributed by atoms with Gasteiger partial charge in [-0.1, -0.05) is 42.5 Å². The summed E-state index contributed by atoms with van der Waals surface area (Å²) >= 11 is -1.54. The van der Waals surface area contributed by atoms with Crippen molar-refractivity contribution in [2.45, 2.75) is 11.8 Å². The molecule has 2 aromatic carbocycles. The van der Waals surface area contributed by atoms with Gasteiger partial charge in [-0.25, -0.2) is 4.21 Å². The van der Waals surface area contributed by atoms with E-state index in [1.807, 2.05) is 6.07 Å². The summed E-state index contributed by atoms with van der Waals surface area (Å²) in [6.07, 6.45) is 0. The van der Waals surface area contributed by atoms with Crippen LogP contribution in [0.1, 0.15) is 6.92 Å². The molecule has 0 saturated heterocycles. The molecule has 0 aliphatic heterocycles. The molecule has 94 valence electrons. The molecule has 0 aliphatic carbocycles. The Kier molecular flexibility index (Phi) is 6.75. The van der Waals surface area contributed by atoms with Crippen LogP contribution in [0.3, 0.4) is 0 Å². The molecule has 0 aliphatic rings. The number of hydrogen-bond acceptors (Lipinski definition) is 3. The molecule has 0 N–H and O–H groups in total. The van der Waals surface area contributed by atoms with Crippen LogP contribution in [0.5, 0.6) is 5.75 Å². The van der Waals surface area contributed by atoms with Crippen LogP contribution in [0, 0.1) is 0 Å². The number of hydrogen-bond donors (Lipinski definition) is 0. The van der Waals surface area contributed by atoms with Gasteiger partial charge in [0.05, 0.1) is 11.5 Å². The Morgan fingerprint density at radius 1 is 1.05 bits per heavy atom. The molecule has 3 nitrogen and oxygen atoms in total. The van der Waals surface area contributed by atoms with Crippen LogP contribution in [-0.2, 0) is 15.3 Å². The van der Waals surface area contributed by atoms with E-state index in [1.165, 1.54) is 6.07 Å². The monoisotopic (exact) mass is 284 g/mol. The quantitative estimate of drug-likeness (QED) is 0.711. The summed E-state index contributed by atoms with van der Waals surface area (Å²) in [5, 5.41) is 11.8. The molecule has 2 aromatic rings. The van der Waals surface area contributed by atoms with Crippen LogP contribution in [0.4, 0.5) is 0 Å². The summed E-state index contributed by atoms with van der Waals surface area (Å²) in [6, 6.07) is 13.8. The average Bonchev–Trinajstić information content (AvgIpc) is 2.40. The van der Waals surface area contributed by atoms with E-state index >= 15 is 0 Å². The van der Waals surface area contributed by atoms with E-state index in [9.17, 15) is 9.32 Å². The average molecular weight is 284 g/mol. The van der Waals surface area contributed by atoms with Crippen molar-refractivity contribution in [3.63, 3.8) is 0 Å². The molecule has 0 aromatic heterocycles. The number of rotatable bonds is 4. The van der Waals surface area contributed by atoms with Gasteiger partial charge < -0.3 is 5.11 Å². The van der Waals surface area contributed by atoms with Crippen molar-refractivity contribution in [1.82, 2.24) is 0 Å². The molecule has 0 bridgehead atoms. The molecular formula is C14H13NaO3S. The maximum atomic E-state index is 11.9. The van der Waals surface area contributed by atoms with Gasteiger partial charge in [-0.3, -0.25) is 4.18 Å². The summed E-state index contributed by atoms with van der Waals surface area (Å²) in [5.74, 6) is -0.0848. The van der Waals surface area contributed by atoms with Crippen LogP contribution in [0.2, 0.25) is 0 Å². The Bertz CT molecular complexity index is 572. The van der Waals surface area contributed by atoms with Gasteiger partial charge in [-0.15, -0.1) is 5.75 Å². The predicted molar refractivity (Wildman–Crippen MR) is 69.4 cm³/mol. The third-order valence-corrected chi connectivity index (χ3v) is 3.63. The van der Waals surface area contributed by atoms with Crippen molar-refractivity contribution in [3.8, 4) is 16.9 Å². The number of para-hydroxylation sites is 1. The van der Waals surface area contributed by atoms with Crippen molar-refractivity contribution in [2.24, 2.45) is 0 Å². The van der Waals surface area contributed by atoms with Crippen molar-refractivity contribution in [3.05, 3.63) is 48.5 Å². The second-order valence-electron chi connectivity index (χ2n) is 3.63. The van der Waals surface area contributed by atoms with Crippen molar-refractivity contribution < 1.29 is 43.1 Å². The molecule has 0 spiro atoms. The zero-order valence-corrected chi connectivity index (χ0v) is 13.8. The summed E-state index contributed by atoms with van der Waals surface area (Å²) < 4.78 is 17.0. The summed E-state index contributed by atoms with van der Waals surface area (Å²) in [6.45, 7) is 2.14. The van der Waals surface area contributed by atoms with Crippen LogP contribution in [-0.4, -0.2) is 10.8 Å². The smallest absolute Gasteiger partial charge is 0.872 e. The molecule has 0 amide bonds. The molecule has 1 atom stereocenters. The molecule has 2 rings (SSSR count). The van der Waals surface area contributed by atoms with Gasteiger partial charge in [0.15, 0.2) is 11.1 Å². The third-order valence-electron chi connectivity index (χ3n) is 2.47. The third kappa shape index (κ3) is 3.91. The van der Waals surface area contributed by atoms with Crippen LogP contribution >= 0.6 is 0 Å². The standard InChI is InChI=1S/C14H14O3S.Na/c1-2-17-18(16)14-10-6-4-8-12(14)11-7-3-5-9-13(11)15;/h3-10,15H,2H2,1H3;/q;+1/p-1. The van der Waals surface area contributed by atoms with Crippen LogP contribution < -0.4 is 34.7 Å². The summed E-state index contributed by atoms with van der Waals surface area (Å²) in [7, 11) is 0. The fraction of sp³-hybridized carbons (Fsp3) is 0.143. The Labute approximate surface area is 137 Å². The number of benzene rings is 2. The molecule has 0 radical (unpaired) electrons. The molecule has 1 unspecified atom stereocenters. The maximum Gasteiger partial charge on any atom is 1.00 e. The molecular weight excluding hydrogens is 271 g/mol. The van der Waals surface area contributed by atoms with Crippen LogP contribution in [0.15, 0.2) is 53.4 Å². The van der Waals surface area contributed by atoms with E-state index < -0.39 is 11.1 Å². The van der Waals surface area contributed by atoms with E-state index in [-0.39, 0.29) is 35.3 Å². The Hall–Kier alpha value is -0.650. The normalized spacial score (nSPS) is 11.6. The van der Waals surface area contributed by atoms with E-state index in [0.29, 0.717) is 22.6 Å². The fourth-order valence-corrected chi connectivity index (χ4v) is 2.58. The molecule has 0 saturated carbocycles. The first-order chi connectivity index (χ1) is 8.74. The molecule has 0 heterocycles. The van der Waals surface area contributed by atoms with Crippen molar-refractivity contribution in [1.29, 1.82) is 0 Å². The van der Waals surface area contributed by atoms with Crippen molar-refractivity contribution >= 4 is 11.1 Å². The summed E-state index contributed by atoms with van der Waals surface area (Å²) in [5.41, 5.74) is 1.20. The SMILES string of the molecule is CCOS(=O)c1ccccc1-c1ccccc1[O-].[Na+]. The fourth-order valence-electron chi connectivity index (χ4n) is 1.69. The van der Waals surface area contributed by atoms with Gasteiger partial charge in [0.1, 0.15) is 0 Å². The van der Waals surface area contributed by atoms with Gasteiger partial charge in [0.25, 0.3) is 0 Å². The van der Waals surface area contributed by atoms with Gasteiger partial charge in [-0.05, 0) is 24.1 Å². The maximum absolute atomic E-state index is 11.9. The van der Waals surface area contributed by atoms with Gasteiger partial charge in [-0.2, -0.15) is 0 Å². The minimum atomic E-state index is -1.54. The first kappa shape index (κ1) is 16.4. The molecule has 5 heteroatoms. The molecule has 19 heavy (non-hydrogen) atoms. The minimum Gasteiger partial charge on any atom is -0.872 e. The van der Waals surface area contributed by atoms with Crippen LogP contribution in [0.25, 0.3) is 11.1 Å². The first-order valence-electron chi connectivity index (χ1n) is 5.64. The molecule has 0 fully saturated rings. The van der Waals surface area contributed by atoms with E-state index in [0.717, 1.165) is 0 Å². The largest absolute Gasteiger partial charge is 1.00 e. The van der Waals surface area contributed by atoms with E-state index in [2.05, 4.69) is 0 Å². The zero-order valence-electron chi connectivity index (χ0n) is 11.0. The Morgan fingerprint density at radius 2 is 1.63 bits per heavy atom. The Balaban J connectivity index is 0.00000180. The predicted octanol–water partition coefficient (Wildman–Crippen LogP) is -0.510. The topological polar surface area (TPSA) is 49.4 Å². The van der Waals surface area contributed by atoms with Gasteiger partial charge >= 0.3 is 29.6 Å².